The Morgan fingerprint density at radius 2 is 2.04 bits per heavy atom. The summed E-state index contributed by atoms with van der Waals surface area (Å²) in [5.74, 6) is 1.90. The summed E-state index contributed by atoms with van der Waals surface area (Å²) < 4.78 is 19.0. The van der Waals surface area contributed by atoms with Crippen LogP contribution in [0.1, 0.15) is 12.8 Å². The summed E-state index contributed by atoms with van der Waals surface area (Å²) in [4.78, 5) is 4.43. The Morgan fingerprint density at radius 1 is 1.15 bits per heavy atom. The molecule has 0 N–H and O–H groups in total. The molecule has 138 valence electrons. The van der Waals surface area contributed by atoms with Crippen molar-refractivity contribution in [2.45, 2.75) is 18.1 Å². The van der Waals surface area contributed by atoms with Crippen molar-refractivity contribution in [2.24, 2.45) is 0 Å². The van der Waals surface area contributed by atoms with Gasteiger partial charge in [0.2, 0.25) is 5.88 Å². The van der Waals surface area contributed by atoms with Crippen LogP contribution in [0.5, 0.6) is 5.88 Å². The highest BCUT2D eigenvalue weighted by Gasteiger charge is 2.15. The Hall–Kier alpha value is -2.51. The molecule has 4 heterocycles. The fraction of sp³-hybridized carbons (Fsp3) is 0.300. The van der Waals surface area contributed by atoms with Crippen LogP contribution in [0, 0.1) is 0 Å². The van der Waals surface area contributed by atoms with E-state index < -0.39 is 0 Å². The number of fused-ring (bicyclic) bond motifs is 2. The summed E-state index contributed by atoms with van der Waals surface area (Å²) in [7, 11) is 0. The lowest BCUT2D eigenvalue weighted by molar-refractivity contribution is 0.0998. The van der Waals surface area contributed by atoms with Gasteiger partial charge in [-0.3, -0.25) is 0 Å². The third-order valence-corrected chi connectivity index (χ3v) is 5.89. The summed E-state index contributed by atoms with van der Waals surface area (Å²) in [6.45, 7) is 1.69. The quantitative estimate of drug-likeness (QED) is 0.478. The van der Waals surface area contributed by atoms with Gasteiger partial charge in [-0.2, -0.15) is 0 Å². The Bertz CT molecular complexity index is 1040. The third kappa shape index (κ3) is 3.40. The van der Waals surface area contributed by atoms with Gasteiger partial charge in [0, 0.05) is 29.9 Å². The van der Waals surface area contributed by atoms with Crippen molar-refractivity contribution in [1.29, 1.82) is 0 Å². The van der Waals surface area contributed by atoms with E-state index in [0.29, 0.717) is 17.1 Å². The Kier molecular flexibility index (Phi) is 4.47. The maximum atomic E-state index is 5.96. The van der Waals surface area contributed by atoms with Gasteiger partial charge in [0.25, 0.3) is 0 Å². The van der Waals surface area contributed by atoms with Crippen molar-refractivity contribution in [3.05, 3.63) is 48.7 Å². The molecule has 0 unspecified atom stereocenters. The SMILES string of the molecule is c1ccc2oc(-c3cnc4ccc(OCSC5CCOCC5)nn34)cc2c1. The molecule has 5 rings (SSSR count). The zero-order valence-corrected chi connectivity index (χ0v) is 15.5. The van der Waals surface area contributed by atoms with Gasteiger partial charge in [-0.1, -0.05) is 18.2 Å². The van der Waals surface area contributed by atoms with Gasteiger partial charge >= 0.3 is 0 Å². The first-order valence-corrected chi connectivity index (χ1v) is 10.1. The molecule has 0 bridgehead atoms. The number of hydrogen-bond acceptors (Lipinski definition) is 6. The van der Waals surface area contributed by atoms with Crippen molar-refractivity contribution < 1.29 is 13.9 Å². The number of aromatic nitrogens is 3. The molecular weight excluding hydrogens is 362 g/mol. The third-order valence-electron chi connectivity index (χ3n) is 4.69. The minimum absolute atomic E-state index is 0.581. The smallest absolute Gasteiger partial charge is 0.232 e. The average Bonchev–Trinajstić information content (AvgIpc) is 3.32. The van der Waals surface area contributed by atoms with Crippen LogP contribution in [0.2, 0.25) is 0 Å². The number of para-hydroxylation sites is 1. The fourth-order valence-corrected chi connectivity index (χ4v) is 4.15. The van der Waals surface area contributed by atoms with E-state index in [9.17, 15) is 0 Å². The Morgan fingerprint density at radius 3 is 2.93 bits per heavy atom. The largest absolute Gasteiger partial charge is 0.466 e. The van der Waals surface area contributed by atoms with E-state index >= 15 is 0 Å². The lowest BCUT2D eigenvalue weighted by atomic mass is 10.2. The summed E-state index contributed by atoms with van der Waals surface area (Å²) in [6.07, 6.45) is 3.94. The molecule has 0 radical (unpaired) electrons. The molecule has 3 aromatic heterocycles. The molecule has 1 aliphatic rings. The molecular formula is C20H19N3O3S. The van der Waals surface area contributed by atoms with Gasteiger partial charge in [-0.25, -0.2) is 9.50 Å². The van der Waals surface area contributed by atoms with E-state index in [-0.39, 0.29) is 0 Å². The summed E-state index contributed by atoms with van der Waals surface area (Å²) >= 11 is 1.82. The molecule has 0 spiro atoms. The summed E-state index contributed by atoms with van der Waals surface area (Å²) in [5, 5.41) is 6.26. The van der Waals surface area contributed by atoms with Crippen LogP contribution in [0.25, 0.3) is 28.1 Å². The first-order valence-electron chi connectivity index (χ1n) is 9.03. The van der Waals surface area contributed by atoms with Crippen LogP contribution in [0.15, 0.2) is 53.1 Å². The van der Waals surface area contributed by atoms with Gasteiger partial charge in [0.05, 0.1) is 6.20 Å². The van der Waals surface area contributed by atoms with E-state index in [1.165, 1.54) is 0 Å². The predicted molar refractivity (Wildman–Crippen MR) is 105 cm³/mol. The topological polar surface area (TPSA) is 61.8 Å². The van der Waals surface area contributed by atoms with Crippen LogP contribution >= 0.6 is 11.8 Å². The van der Waals surface area contributed by atoms with Gasteiger partial charge in [-0.15, -0.1) is 16.9 Å². The first-order chi connectivity index (χ1) is 13.4. The summed E-state index contributed by atoms with van der Waals surface area (Å²) in [6, 6.07) is 13.7. The standard InChI is InChI=1S/C20H19N3O3S/c1-2-4-17-14(3-1)11-18(26-17)16-12-21-19-5-6-20(22-23(16)19)25-13-27-15-7-9-24-10-8-15/h1-6,11-12,15H,7-10,13H2. The van der Waals surface area contributed by atoms with Crippen LogP contribution in [0.4, 0.5) is 0 Å². The predicted octanol–water partition coefficient (Wildman–Crippen LogP) is 4.39. The van der Waals surface area contributed by atoms with Crippen molar-refractivity contribution in [3.63, 3.8) is 0 Å². The maximum absolute atomic E-state index is 5.96. The second kappa shape index (κ2) is 7.25. The van der Waals surface area contributed by atoms with Crippen LogP contribution < -0.4 is 4.74 Å². The van der Waals surface area contributed by atoms with Gasteiger partial charge in [0.15, 0.2) is 11.4 Å². The van der Waals surface area contributed by atoms with Crippen molar-refractivity contribution in [3.8, 4) is 17.3 Å². The number of benzene rings is 1. The molecule has 1 aliphatic heterocycles. The molecule has 1 saturated heterocycles. The minimum atomic E-state index is 0.581. The molecule has 1 fully saturated rings. The van der Waals surface area contributed by atoms with Crippen molar-refractivity contribution in [1.82, 2.24) is 14.6 Å². The fourth-order valence-electron chi connectivity index (χ4n) is 3.24. The maximum Gasteiger partial charge on any atom is 0.232 e. The molecule has 1 aromatic carbocycles. The minimum Gasteiger partial charge on any atom is -0.466 e. The van der Waals surface area contributed by atoms with Crippen molar-refractivity contribution >= 4 is 28.4 Å². The highest BCUT2D eigenvalue weighted by Crippen LogP contribution is 2.28. The number of furan rings is 1. The molecule has 0 atom stereocenters. The van der Waals surface area contributed by atoms with Crippen LogP contribution in [0.3, 0.4) is 0 Å². The first kappa shape index (κ1) is 16.6. The van der Waals surface area contributed by atoms with Gasteiger partial charge in [0.1, 0.15) is 17.2 Å². The van der Waals surface area contributed by atoms with Crippen LogP contribution in [-0.4, -0.2) is 39.0 Å². The van der Waals surface area contributed by atoms with E-state index in [1.807, 2.05) is 54.2 Å². The molecule has 0 amide bonds. The average molecular weight is 381 g/mol. The van der Waals surface area contributed by atoms with Crippen LogP contribution in [-0.2, 0) is 4.74 Å². The zero-order valence-electron chi connectivity index (χ0n) is 14.7. The molecule has 0 aliphatic carbocycles. The number of rotatable bonds is 5. The van der Waals surface area contributed by atoms with E-state index in [0.717, 1.165) is 54.1 Å². The number of ether oxygens (including phenoxy) is 2. The molecule has 4 aromatic rings. The number of hydrogen-bond donors (Lipinski definition) is 0. The van der Waals surface area contributed by atoms with E-state index in [1.54, 1.807) is 10.7 Å². The van der Waals surface area contributed by atoms with E-state index in [4.69, 9.17) is 13.9 Å². The summed E-state index contributed by atoms with van der Waals surface area (Å²) in [5.41, 5.74) is 2.42. The second-order valence-electron chi connectivity index (χ2n) is 6.47. The highest BCUT2D eigenvalue weighted by atomic mass is 32.2. The number of imidazole rings is 1. The number of nitrogens with zero attached hydrogens (tertiary/aromatic N) is 3. The van der Waals surface area contributed by atoms with Crippen molar-refractivity contribution in [2.75, 3.05) is 19.2 Å². The Labute approximate surface area is 160 Å². The van der Waals surface area contributed by atoms with Gasteiger partial charge < -0.3 is 13.9 Å². The number of thioether (sulfide) groups is 1. The molecule has 7 heteroatoms. The second-order valence-corrected chi connectivity index (χ2v) is 7.71. The molecule has 27 heavy (non-hydrogen) atoms. The molecule has 6 nitrogen and oxygen atoms in total. The normalized spacial score (nSPS) is 15.6. The molecule has 0 saturated carbocycles. The monoisotopic (exact) mass is 381 g/mol. The lowest BCUT2D eigenvalue weighted by Gasteiger charge is -2.21. The van der Waals surface area contributed by atoms with E-state index in [2.05, 4.69) is 10.1 Å². The zero-order chi connectivity index (χ0) is 18.1. The lowest BCUT2D eigenvalue weighted by Crippen LogP contribution is -2.18. The highest BCUT2D eigenvalue weighted by molar-refractivity contribution is 7.99. The Balaban J connectivity index is 1.37. The van der Waals surface area contributed by atoms with Gasteiger partial charge in [-0.05, 0) is 31.0 Å².